The Morgan fingerprint density at radius 2 is 2.31 bits per heavy atom. The molecule has 90 valence electrons. The average molecular weight is 238 g/mol. The lowest BCUT2D eigenvalue weighted by molar-refractivity contribution is 0.145. The monoisotopic (exact) mass is 238 g/mol. The maximum Gasteiger partial charge on any atom is 0.0244 e. The highest BCUT2D eigenvalue weighted by molar-refractivity contribution is 7.08. The minimum Gasteiger partial charge on any atom is -0.317 e. The SMILES string of the molecule is CNC1CCN(Cc2cscc2C)CC1C. The number of piperidine rings is 1. The summed E-state index contributed by atoms with van der Waals surface area (Å²) in [4.78, 5) is 2.59. The number of aryl methyl sites for hydroxylation is 1. The first-order chi connectivity index (χ1) is 7.70. The molecule has 1 N–H and O–H groups in total. The summed E-state index contributed by atoms with van der Waals surface area (Å²) in [5.41, 5.74) is 2.97. The van der Waals surface area contributed by atoms with E-state index in [1.54, 1.807) is 0 Å². The zero-order chi connectivity index (χ0) is 11.5. The molecule has 0 radical (unpaired) electrons. The number of likely N-dealkylation sites (tertiary alicyclic amines) is 1. The lowest BCUT2D eigenvalue weighted by Gasteiger charge is -2.36. The normalized spacial score (nSPS) is 27.2. The molecule has 1 fully saturated rings. The largest absolute Gasteiger partial charge is 0.317 e. The molecule has 2 rings (SSSR count). The number of rotatable bonds is 3. The van der Waals surface area contributed by atoms with Crippen LogP contribution in [-0.2, 0) is 6.54 Å². The molecule has 0 amide bonds. The summed E-state index contributed by atoms with van der Waals surface area (Å²) < 4.78 is 0. The lowest BCUT2D eigenvalue weighted by Crippen LogP contribution is -2.46. The molecule has 1 aliphatic rings. The summed E-state index contributed by atoms with van der Waals surface area (Å²) in [6.07, 6.45) is 1.28. The van der Waals surface area contributed by atoms with Crippen LogP contribution in [0.2, 0.25) is 0 Å². The van der Waals surface area contributed by atoms with Crippen LogP contribution in [0.1, 0.15) is 24.5 Å². The Labute approximate surface area is 103 Å². The fraction of sp³-hybridized carbons (Fsp3) is 0.692. The van der Waals surface area contributed by atoms with Gasteiger partial charge in [0.25, 0.3) is 0 Å². The van der Waals surface area contributed by atoms with Crippen molar-refractivity contribution in [1.29, 1.82) is 0 Å². The van der Waals surface area contributed by atoms with Crippen molar-refractivity contribution in [3.63, 3.8) is 0 Å². The van der Waals surface area contributed by atoms with E-state index in [0.717, 1.165) is 12.5 Å². The first-order valence-electron chi connectivity index (χ1n) is 6.12. The second kappa shape index (κ2) is 5.30. The van der Waals surface area contributed by atoms with E-state index in [1.807, 2.05) is 11.3 Å². The quantitative estimate of drug-likeness (QED) is 0.870. The maximum atomic E-state index is 3.42. The van der Waals surface area contributed by atoms with Gasteiger partial charge < -0.3 is 5.32 Å². The third-order valence-electron chi connectivity index (χ3n) is 3.72. The number of thiophene rings is 1. The molecule has 2 atom stereocenters. The Hall–Kier alpha value is -0.380. The van der Waals surface area contributed by atoms with Crippen LogP contribution in [0.3, 0.4) is 0 Å². The van der Waals surface area contributed by atoms with Crippen LogP contribution in [0.5, 0.6) is 0 Å². The molecule has 1 aliphatic heterocycles. The smallest absolute Gasteiger partial charge is 0.0244 e. The number of hydrogen-bond donors (Lipinski definition) is 1. The molecule has 1 aromatic rings. The molecule has 0 saturated carbocycles. The van der Waals surface area contributed by atoms with E-state index in [1.165, 1.54) is 30.6 Å². The molecule has 3 heteroatoms. The standard InChI is InChI=1S/C13H22N2S/c1-10-6-15(5-4-13(10)14-3)7-12-9-16-8-11(12)2/h8-10,13-14H,4-7H2,1-3H3. The first-order valence-corrected chi connectivity index (χ1v) is 7.06. The van der Waals surface area contributed by atoms with E-state index in [2.05, 4.69) is 41.9 Å². The molecule has 2 unspecified atom stereocenters. The highest BCUT2D eigenvalue weighted by Crippen LogP contribution is 2.21. The van der Waals surface area contributed by atoms with E-state index in [4.69, 9.17) is 0 Å². The highest BCUT2D eigenvalue weighted by atomic mass is 32.1. The number of nitrogens with zero attached hydrogens (tertiary/aromatic N) is 1. The molecule has 0 bridgehead atoms. The van der Waals surface area contributed by atoms with Crippen LogP contribution in [0.15, 0.2) is 10.8 Å². The van der Waals surface area contributed by atoms with Crippen LogP contribution in [0, 0.1) is 12.8 Å². The second-order valence-electron chi connectivity index (χ2n) is 4.98. The summed E-state index contributed by atoms with van der Waals surface area (Å²) in [5.74, 6) is 0.762. The van der Waals surface area contributed by atoms with Crippen molar-refractivity contribution in [3.05, 3.63) is 21.9 Å². The molecular weight excluding hydrogens is 216 g/mol. The molecule has 16 heavy (non-hydrogen) atoms. The maximum absolute atomic E-state index is 3.42. The van der Waals surface area contributed by atoms with Crippen molar-refractivity contribution >= 4 is 11.3 Å². The van der Waals surface area contributed by atoms with Crippen LogP contribution < -0.4 is 5.32 Å². The van der Waals surface area contributed by atoms with E-state index >= 15 is 0 Å². The average Bonchev–Trinajstić information content (AvgIpc) is 2.65. The third-order valence-corrected chi connectivity index (χ3v) is 4.63. The second-order valence-corrected chi connectivity index (χ2v) is 5.72. The van der Waals surface area contributed by atoms with Crippen LogP contribution in [0.25, 0.3) is 0 Å². The van der Waals surface area contributed by atoms with Crippen molar-refractivity contribution in [3.8, 4) is 0 Å². The first kappa shape index (κ1) is 12.1. The van der Waals surface area contributed by atoms with Crippen molar-refractivity contribution in [2.24, 2.45) is 5.92 Å². The number of nitrogens with one attached hydrogen (secondary N) is 1. The molecule has 0 aromatic carbocycles. The molecule has 0 aliphatic carbocycles. The van der Waals surface area contributed by atoms with Crippen molar-refractivity contribution in [2.75, 3.05) is 20.1 Å². The van der Waals surface area contributed by atoms with Gasteiger partial charge in [0.15, 0.2) is 0 Å². The van der Waals surface area contributed by atoms with E-state index in [-0.39, 0.29) is 0 Å². The van der Waals surface area contributed by atoms with Gasteiger partial charge in [-0.3, -0.25) is 4.90 Å². The zero-order valence-electron chi connectivity index (χ0n) is 10.5. The fourth-order valence-corrected chi connectivity index (χ4v) is 3.44. The number of hydrogen-bond acceptors (Lipinski definition) is 3. The van der Waals surface area contributed by atoms with Crippen LogP contribution in [-0.4, -0.2) is 31.1 Å². The summed E-state index contributed by atoms with van der Waals surface area (Å²) in [6.45, 7) is 8.16. The van der Waals surface area contributed by atoms with Crippen LogP contribution >= 0.6 is 11.3 Å². The summed E-state index contributed by atoms with van der Waals surface area (Å²) >= 11 is 1.82. The Bertz CT molecular complexity index is 334. The van der Waals surface area contributed by atoms with Gasteiger partial charge in [0.2, 0.25) is 0 Å². The molecule has 1 saturated heterocycles. The highest BCUT2D eigenvalue weighted by Gasteiger charge is 2.24. The molecule has 1 aromatic heterocycles. The van der Waals surface area contributed by atoms with Gasteiger partial charge in [-0.25, -0.2) is 0 Å². The predicted molar refractivity (Wildman–Crippen MR) is 71.0 cm³/mol. The predicted octanol–water partition coefficient (Wildman–Crippen LogP) is 2.49. The van der Waals surface area contributed by atoms with Crippen molar-refractivity contribution < 1.29 is 0 Å². The Morgan fingerprint density at radius 3 is 2.88 bits per heavy atom. The Morgan fingerprint density at radius 1 is 1.50 bits per heavy atom. The Balaban J connectivity index is 1.91. The summed E-state index contributed by atoms with van der Waals surface area (Å²) in [5, 5.41) is 7.96. The van der Waals surface area contributed by atoms with Gasteiger partial charge in [-0.05, 0) is 54.7 Å². The van der Waals surface area contributed by atoms with E-state index in [0.29, 0.717) is 6.04 Å². The molecular formula is C13H22N2S. The van der Waals surface area contributed by atoms with E-state index < -0.39 is 0 Å². The zero-order valence-corrected chi connectivity index (χ0v) is 11.3. The van der Waals surface area contributed by atoms with Gasteiger partial charge in [0, 0.05) is 19.1 Å². The Kier molecular flexibility index (Phi) is 4.00. The van der Waals surface area contributed by atoms with E-state index in [9.17, 15) is 0 Å². The molecule has 2 nitrogen and oxygen atoms in total. The molecule has 0 spiro atoms. The van der Waals surface area contributed by atoms with Crippen LogP contribution in [0.4, 0.5) is 0 Å². The fourth-order valence-electron chi connectivity index (χ4n) is 2.59. The van der Waals surface area contributed by atoms with Gasteiger partial charge in [0.1, 0.15) is 0 Å². The molecule has 2 heterocycles. The summed E-state index contributed by atoms with van der Waals surface area (Å²) in [6, 6.07) is 0.708. The van der Waals surface area contributed by atoms with Crippen molar-refractivity contribution in [2.45, 2.75) is 32.9 Å². The minimum absolute atomic E-state index is 0.708. The van der Waals surface area contributed by atoms with Gasteiger partial charge in [-0.2, -0.15) is 11.3 Å². The topological polar surface area (TPSA) is 15.3 Å². The van der Waals surface area contributed by atoms with Gasteiger partial charge in [0.05, 0.1) is 0 Å². The van der Waals surface area contributed by atoms with Gasteiger partial charge in [-0.15, -0.1) is 0 Å². The third kappa shape index (κ3) is 2.65. The summed E-state index contributed by atoms with van der Waals surface area (Å²) in [7, 11) is 2.08. The van der Waals surface area contributed by atoms with Gasteiger partial charge >= 0.3 is 0 Å². The minimum atomic E-state index is 0.708. The lowest BCUT2D eigenvalue weighted by atomic mass is 9.94. The van der Waals surface area contributed by atoms with Crippen molar-refractivity contribution in [1.82, 2.24) is 10.2 Å². The van der Waals surface area contributed by atoms with Gasteiger partial charge in [-0.1, -0.05) is 6.92 Å².